The van der Waals surface area contributed by atoms with Gasteiger partial charge in [0.1, 0.15) is 35.7 Å². The molecule has 0 spiro atoms. The van der Waals surface area contributed by atoms with E-state index in [9.17, 15) is 39.9 Å². The van der Waals surface area contributed by atoms with Gasteiger partial charge in [0.25, 0.3) is 11.1 Å². The summed E-state index contributed by atoms with van der Waals surface area (Å²) in [6, 6.07) is 17.1. The number of hydrogen-bond donors (Lipinski definition) is 2. The number of nitrogens with zero attached hydrogens (tertiary/aromatic N) is 8. The molecule has 2 aliphatic rings. The van der Waals surface area contributed by atoms with Gasteiger partial charge in [0.05, 0.1) is 22.3 Å². The average molecular weight is 1040 g/mol. The average Bonchev–Trinajstić information content (AvgIpc) is 3.39. The van der Waals surface area contributed by atoms with Gasteiger partial charge in [-0.3, -0.25) is 18.7 Å². The molecule has 4 aromatic rings. The first kappa shape index (κ1) is 58.2. The normalized spacial score (nSPS) is 19.8. The van der Waals surface area contributed by atoms with E-state index in [-0.39, 0.29) is 118 Å². The number of pyridine rings is 2. The van der Waals surface area contributed by atoms with E-state index in [1.807, 2.05) is 12.1 Å². The number of aromatic nitrogens is 2. The zero-order valence-electron chi connectivity index (χ0n) is 45.3. The summed E-state index contributed by atoms with van der Waals surface area (Å²) in [7, 11) is 0. The lowest BCUT2D eigenvalue weighted by Gasteiger charge is -2.36. The minimum atomic E-state index is -0.710. The minimum absolute atomic E-state index is 0.0770. The molecule has 0 radical (unpaired) electrons. The molecule has 2 heterocycles. The Hall–Kier alpha value is -7.02. The lowest BCUT2D eigenvalue weighted by atomic mass is 9.75. The molecule has 18 nitrogen and oxygen atoms in total. The van der Waals surface area contributed by atoms with E-state index >= 15 is 0 Å². The van der Waals surface area contributed by atoms with Gasteiger partial charge < -0.3 is 29.2 Å². The number of nitriles is 2. The summed E-state index contributed by atoms with van der Waals surface area (Å²) in [5.74, 6) is 0.286. The van der Waals surface area contributed by atoms with Crippen LogP contribution in [0.15, 0.2) is 78.6 Å². The highest BCUT2D eigenvalue weighted by atomic mass is 16.5. The number of benzene rings is 2. The Labute approximate surface area is 445 Å². The van der Waals surface area contributed by atoms with Crippen LogP contribution in [0.5, 0.6) is 11.8 Å². The van der Waals surface area contributed by atoms with Crippen molar-refractivity contribution in [3.8, 4) is 23.9 Å². The highest BCUT2D eigenvalue weighted by Gasteiger charge is 2.36. The standard InChI is InChI=1S/C58H74N8O10/c1-35(2)41-23-21-37(5)31-49(41)75-57(71)43-17-9-11-19-47(43)61-63-51-45(33-59)39(7)53(67)65(55(51)69)25-15-29-73-27-13-14-28-74-30-16-26-66-54(68)40(8)46(34-60)52(56(66)70)64-62-48-20-12-10-18-44(48)58(72)76-50-32-38(6)22-24-42(50)36(3)4/h9-12,17-20,35-38,41-42,49-50,67-68H,13-16,21-32H2,1-8H3. The molecule has 406 valence electrons. The highest BCUT2D eigenvalue weighted by molar-refractivity contribution is 5.95. The van der Waals surface area contributed by atoms with Gasteiger partial charge in [-0.15, -0.1) is 20.5 Å². The lowest BCUT2D eigenvalue weighted by molar-refractivity contribution is -0.0181. The topological polar surface area (TPSA) is 253 Å². The van der Waals surface area contributed by atoms with E-state index in [0.29, 0.717) is 62.6 Å². The molecule has 2 aliphatic carbocycles. The first-order chi connectivity index (χ1) is 36.5. The van der Waals surface area contributed by atoms with Crippen molar-refractivity contribution in [1.29, 1.82) is 10.5 Å². The summed E-state index contributed by atoms with van der Waals surface area (Å²) >= 11 is 0. The van der Waals surface area contributed by atoms with E-state index in [0.717, 1.165) is 47.7 Å². The molecule has 6 unspecified atom stereocenters. The Morgan fingerprint density at radius 3 is 1.34 bits per heavy atom. The zero-order chi connectivity index (χ0) is 55.1. The fourth-order valence-electron chi connectivity index (χ4n) is 10.4. The summed E-state index contributed by atoms with van der Waals surface area (Å²) in [5.41, 5.74) is -1.08. The number of hydrogen-bond acceptors (Lipinski definition) is 16. The predicted octanol–water partition coefficient (Wildman–Crippen LogP) is 12.1. The smallest absolute Gasteiger partial charge is 0.340 e. The Morgan fingerprint density at radius 2 is 0.974 bits per heavy atom. The number of carbonyl (C=O) groups excluding carboxylic acids is 2. The molecule has 0 amide bonds. The number of rotatable bonds is 23. The first-order valence-electron chi connectivity index (χ1n) is 26.8. The molecule has 2 fully saturated rings. The molecule has 2 aromatic carbocycles. The molecule has 18 heteroatoms. The van der Waals surface area contributed by atoms with Gasteiger partial charge in [-0.2, -0.15) is 10.5 Å². The van der Waals surface area contributed by atoms with Crippen LogP contribution in [0.25, 0.3) is 0 Å². The molecule has 2 N–H and O–H groups in total. The van der Waals surface area contributed by atoms with Crippen molar-refractivity contribution in [2.75, 3.05) is 26.4 Å². The van der Waals surface area contributed by atoms with Crippen molar-refractivity contribution in [2.45, 2.75) is 145 Å². The molecule has 6 rings (SSSR count). The minimum Gasteiger partial charge on any atom is -0.494 e. The number of azo groups is 2. The molecule has 0 bridgehead atoms. The van der Waals surface area contributed by atoms with E-state index in [1.165, 1.54) is 13.8 Å². The van der Waals surface area contributed by atoms with Crippen LogP contribution in [0.1, 0.15) is 149 Å². The van der Waals surface area contributed by atoms with Gasteiger partial charge in [0.2, 0.25) is 0 Å². The quantitative estimate of drug-likeness (QED) is 0.0400. The molecule has 0 aliphatic heterocycles. The van der Waals surface area contributed by atoms with Gasteiger partial charge in [0, 0.05) is 50.6 Å². The maximum atomic E-state index is 13.7. The van der Waals surface area contributed by atoms with Crippen LogP contribution in [0, 0.1) is 72.0 Å². The van der Waals surface area contributed by atoms with Crippen molar-refractivity contribution in [3.63, 3.8) is 0 Å². The molecule has 2 saturated carbocycles. The summed E-state index contributed by atoms with van der Waals surface area (Å²) in [6.07, 6.45) is 7.29. The number of aromatic hydroxyl groups is 2. The van der Waals surface area contributed by atoms with Crippen LogP contribution < -0.4 is 11.1 Å². The second-order valence-electron chi connectivity index (χ2n) is 21.1. The van der Waals surface area contributed by atoms with Crippen LogP contribution in [0.4, 0.5) is 22.7 Å². The molecule has 2 aromatic heterocycles. The van der Waals surface area contributed by atoms with Crippen LogP contribution in [-0.2, 0) is 32.0 Å². The van der Waals surface area contributed by atoms with Crippen molar-refractivity contribution in [3.05, 3.63) is 103 Å². The van der Waals surface area contributed by atoms with E-state index < -0.39 is 23.1 Å². The molecule has 76 heavy (non-hydrogen) atoms. The van der Waals surface area contributed by atoms with Crippen molar-refractivity contribution < 1.29 is 38.7 Å². The maximum Gasteiger partial charge on any atom is 0.340 e. The maximum absolute atomic E-state index is 13.7. The van der Waals surface area contributed by atoms with Crippen LogP contribution >= 0.6 is 0 Å². The number of ether oxygens (including phenoxy) is 4. The zero-order valence-corrected chi connectivity index (χ0v) is 45.3. The summed E-state index contributed by atoms with van der Waals surface area (Å²) in [4.78, 5) is 54.5. The number of unbranched alkanes of at least 4 members (excludes halogenated alkanes) is 1. The first-order valence-corrected chi connectivity index (χ1v) is 26.8. The summed E-state index contributed by atoms with van der Waals surface area (Å²) in [5, 5.41) is 58.8. The third-order valence-corrected chi connectivity index (χ3v) is 14.9. The Bertz CT molecular complexity index is 2750. The Morgan fingerprint density at radius 1 is 0.605 bits per heavy atom. The Kier molecular flexibility index (Phi) is 21.2. The molecule has 6 atom stereocenters. The number of esters is 2. The lowest BCUT2D eigenvalue weighted by Crippen LogP contribution is -2.35. The van der Waals surface area contributed by atoms with Gasteiger partial charge in [0.15, 0.2) is 23.1 Å². The Balaban J connectivity index is 0.967. The van der Waals surface area contributed by atoms with Gasteiger partial charge in [-0.1, -0.05) is 78.6 Å². The summed E-state index contributed by atoms with van der Waals surface area (Å²) in [6.45, 7) is 17.4. The van der Waals surface area contributed by atoms with E-state index in [1.54, 1.807) is 48.5 Å². The van der Waals surface area contributed by atoms with E-state index in [2.05, 4.69) is 62.0 Å². The summed E-state index contributed by atoms with van der Waals surface area (Å²) < 4.78 is 26.0. The molecular weight excluding hydrogens is 969 g/mol. The SMILES string of the molecule is Cc1c(C#N)c(N=Nc2ccccc2C(=O)OC2CC(C)CCC2C(C)C)c(=O)n(CCCOCCCCOCCCn2c(O)c(C)c(C#N)c(N=Nc3ccccc3C(=O)OC3CC(C)CCC3C(C)C)c2=O)c1O. The fraction of sp³-hybridized carbons (Fsp3) is 0.552. The van der Waals surface area contributed by atoms with Crippen LogP contribution in [-0.4, -0.2) is 69.9 Å². The molecule has 0 saturated heterocycles. The largest absolute Gasteiger partial charge is 0.494 e. The van der Waals surface area contributed by atoms with Gasteiger partial charge in [-0.05, 0) is 125 Å². The van der Waals surface area contributed by atoms with Gasteiger partial charge in [-0.25, -0.2) is 9.59 Å². The third kappa shape index (κ3) is 14.5. The second kappa shape index (κ2) is 27.7. The van der Waals surface area contributed by atoms with E-state index in [4.69, 9.17) is 18.9 Å². The second-order valence-corrected chi connectivity index (χ2v) is 21.1. The van der Waals surface area contributed by atoms with Crippen LogP contribution in [0.2, 0.25) is 0 Å². The fourth-order valence-corrected chi connectivity index (χ4v) is 10.4. The van der Waals surface area contributed by atoms with Gasteiger partial charge >= 0.3 is 11.9 Å². The third-order valence-electron chi connectivity index (χ3n) is 14.9. The van der Waals surface area contributed by atoms with Crippen molar-refractivity contribution in [1.82, 2.24) is 9.13 Å². The van der Waals surface area contributed by atoms with Crippen molar-refractivity contribution in [2.24, 2.45) is 56.0 Å². The monoisotopic (exact) mass is 1040 g/mol. The van der Waals surface area contributed by atoms with Crippen LogP contribution in [0.3, 0.4) is 0 Å². The predicted molar refractivity (Wildman–Crippen MR) is 286 cm³/mol. The molecular formula is C58H74N8O10. The number of carbonyl (C=O) groups is 2. The highest BCUT2D eigenvalue weighted by Crippen LogP contribution is 2.38. The van der Waals surface area contributed by atoms with Crippen molar-refractivity contribution >= 4 is 34.7 Å².